The molecule has 6 nitrogen and oxygen atoms in total. The number of pyridine rings is 6. The average molecular weight is 1110 g/mol. The molecule has 0 saturated carbocycles. The Bertz CT molecular complexity index is 3860. The van der Waals surface area contributed by atoms with E-state index in [1.54, 1.807) is 6.20 Å². The molecule has 0 fully saturated rings. The summed E-state index contributed by atoms with van der Waals surface area (Å²) in [6, 6.07) is 31.2. The highest BCUT2D eigenvalue weighted by atomic mass is 79.9. The third-order valence-corrected chi connectivity index (χ3v) is 15.7. The molecule has 0 atom stereocenters. The van der Waals surface area contributed by atoms with Crippen LogP contribution in [-0.4, -0.2) is 29.9 Å². The molecule has 0 aliphatic carbocycles. The van der Waals surface area contributed by atoms with Crippen molar-refractivity contribution in [1.82, 2.24) is 29.9 Å². The number of benzene rings is 6. The Kier molecular flexibility index (Phi) is 7.44. The largest absolute Gasteiger partial charge is 0.256 e. The number of hydrogen-bond donors (Lipinski definition) is 0. The zero-order valence-electron chi connectivity index (χ0n) is 28.2. The van der Waals surface area contributed by atoms with Crippen LogP contribution in [0.3, 0.4) is 0 Å². The number of halogens is 6. The molecule has 0 aliphatic rings. The fourth-order valence-electron chi connectivity index (χ4n) is 8.00. The van der Waals surface area contributed by atoms with Crippen LogP contribution in [0.15, 0.2) is 124 Å². The Balaban J connectivity index is 1.07. The second-order valence-corrected chi connectivity index (χ2v) is 18.7. The summed E-state index contributed by atoms with van der Waals surface area (Å²) in [6.07, 6.45) is 1.81. The standard InChI is InChI=1S/C44H16Br6N6/c45-28-5-6-51-30-8-19-31(7-18(28)30)53-34-12-23-35(11-22(34)41(19)47)55-38-16-27-39(15-26(38)43(23)49)56-37-13-24-36(14-25(37)44(27)50)54-33-9-20-32(10-21(33)42(24)48)52-29-4-2-1-3-17(29)40(20)46/h1-16H. The summed E-state index contributed by atoms with van der Waals surface area (Å²) < 4.78 is 5.81. The van der Waals surface area contributed by atoms with Gasteiger partial charge in [0.25, 0.3) is 0 Å². The molecule has 12 rings (SSSR count). The average Bonchev–Trinajstić information content (AvgIpc) is 3.20. The topological polar surface area (TPSA) is 77.3 Å². The SMILES string of the molecule is Brc1ccnc2cc3c(Br)c4cc5nc6cc7c(Br)c8cc9nc%10cc%11c(Br)c%12ccccc%12nc%11cc%10c(Br)c9cc8nc7cc6c(Br)c5cc4nc3cc12. The summed E-state index contributed by atoms with van der Waals surface area (Å²) >= 11 is 23.4. The maximum absolute atomic E-state index is 5.23. The molecule has 6 aromatic heterocycles. The third kappa shape index (κ3) is 4.86. The predicted molar refractivity (Wildman–Crippen MR) is 252 cm³/mol. The highest BCUT2D eigenvalue weighted by Crippen LogP contribution is 2.43. The minimum Gasteiger partial charge on any atom is -0.256 e. The van der Waals surface area contributed by atoms with Gasteiger partial charge < -0.3 is 0 Å². The molecule has 0 aliphatic heterocycles. The number of para-hydroxylation sites is 1. The van der Waals surface area contributed by atoms with Crippen LogP contribution in [0.5, 0.6) is 0 Å². The quantitative estimate of drug-likeness (QED) is 0.141. The van der Waals surface area contributed by atoms with Gasteiger partial charge in [-0.2, -0.15) is 0 Å². The first-order valence-electron chi connectivity index (χ1n) is 17.3. The van der Waals surface area contributed by atoms with Crippen LogP contribution in [0.4, 0.5) is 0 Å². The van der Waals surface area contributed by atoms with Crippen LogP contribution in [-0.2, 0) is 0 Å². The van der Waals surface area contributed by atoms with Gasteiger partial charge in [0.15, 0.2) is 0 Å². The lowest BCUT2D eigenvalue weighted by atomic mass is 10.0. The van der Waals surface area contributed by atoms with Gasteiger partial charge in [0, 0.05) is 92.3 Å². The van der Waals surface area contributed by atoms with E-state index in [1.165, 1.54) is 0 Å². The lowest BCUT2D eigenvalue weighted by Crippen LogP contribution is -1.93. The van der Waals surface area contributed by atoms with Crippen molar-refractivity contribution in [2.24, 2.45) is 0 Å². The maximum atomic E-state index is 5.23. The van der Waals surface area contributed by atoms with Gasteiger partial charge >= 0.3 is 0 Å². The molecule has 0 saturated heterocycles. The van der Waals surface area contributed by atoms with Gasteiger partial charge in [0.1, 0.15) is 0 Å². The summed E-state index contributed by atoms with van der Waals surface area (Å²) in [4.78, 5) is 30.3. The highest BCUT2D eigenvalue weighted by molar-refractivity contribution is 9.11. The first kappa shape index (κ1) is 34.0. The zero-order valence-corrected chi connectivity index (χ0v) is 37.7. The van der Waals surface area contributed by atoms with Gasteiger partial charge in [-0.15, -0.1) is 0 Å². The fourth-order valence-corrected chi connectivity index (χ4v) is 11.6. The van der Waals surface area contributed by atoms with Crippen molar-refractivity contribution in [1.29, 1.82) is 0 Å². The first-order chi connectivity index (χ1) is 27.2. The van der Waals surface area contributed by atoms with E-state index in [1.807, 2.05) is 24.3 Å². The number of hydrogen-bond acceptors (Lipinski definition) is 6. The van der Waals surface area contributed by atoms with Crippen LogP contribution in [0.2, 0.25) is 0 Å². The van der Waals surface area contributed by atoms with Gasteiger partial charge in [0.2, 0.25) is 0 Å². The molecule has 0 amide bonds. The highest BCUT2D eigenvalue weighted by Gasteiger charge is 2.19. The van der Waals surface area contributed by atoms with E-state index in [0.29, 0.717) is 0 Å². The van der Waals surface area contributed by atoms with E-state index in [9.17, 15) is 0 Å². The lowest BCUT2D eigenvalue weighted by molar-refractivity contribution is 1.40. The summed E-state index contributed by atoms with van der Waals surface area (Å²) in [5.74, 6) is 0. The van der Waals surface area contributed by atoms with Crippen LogP contribution < -0.4 is 0 Å². The summed E-state index contributed by atoms with van der Waals surface area (Å²) in [5, 5.41) is 10.9. The van der Waals surface area contributed by atoms with E-state index in [-0.39, 0.29) is 0 Å². The van der Waals surface area contributed by atoms with Crippen LogP contribution in [0.25, 0.3) is 120 Å². The predicted octanol–water partition coefficient (Wildman–Crippen LogP) is 15.3. The van der Waals surface area contributed by atoms with E-state index in [4.69, 9.17) is 24.9 Å². The minimum absolute atomic E-state index is 0.855. The molecule has 0 N–H and O–H groups in total. The number of fused-ring (bicyclic) bond motifs is 11. The molecule has 56 heavy (non-hydrogen) atoms. The van der Waals surface area contributed by atoms with Crippen molar-refractivity contribution in [3.05, 3.63) is 124 Å². The van der Waals surface area contributed by atoms with E-state index >= 15 is 0 Å². The van der Waals surface area contributed by atoms with Crippen molar-refractivity contribution >= 4 is 216 Å². The van der Waals surface area contributed by atoms with Gasteiger partial charge in [-0.05, 0) is 152 Å². The van der Waals surface area contributed by atoms with Crippen LogP contribution in [0.1, 0.15) is 0 Å². The Morgan fingerprint density at radius 1 is 0.268 bits per heavy atom. The molecule has 0 unspecified atom stereocenters. The van der Waals surface area contributed by atoms with Crippen molar-refractivity contribution in [2.45, 2.75) is 0 Å². The molecule has 0 bridgehead atoms. The third-order valence-electron chi connectivity index (χ3n) is 10.7. The van der Waals surface area contributed by atoms with Gasteiger partial charge in [-0.25, -0.2) is 24.9 Å². The van der Waals surface area contributed by atoms with E-state index in [2.05, 4.69) is 167 Å². The molecule has 12 heteroatoms. The van der Waals surface area contributed by atoms with Gasteiger partial charge in [0.05, 0.1) is 60.7 Å². The Labute approximate surface area is 365 Å². The zero-order chi connectivity index (χ0) is 37.7. The maximum Gasteiger partial charge on any atom is 0.0729 e. The Morgan fingerprint density at radius 3 is 0.929 bits per heavy atom. The minimum atomic E-state index is 0.855. The van der Waals surface area contributed by atoms with Crippen LogP contribution in [0, 0.1) is 0 Å². The van der Waals surface area contributed by atoms with Crippen molar-refractivity contribution in [3.8, 4) is 0 Å². The Hall–Kier alpha value is -4.04. The van der Waals surface area contributed by atoms with Crippen molar-refractivity contribution < 1.29 is 0 Å². The second-order valence-electron chi connectivity index (χ2n) is 13.9. The monoisotopic (exact) mass is 1100 g/mol. The normalized spacial score (nSPS) is 12.5. The first-order valence-corrected chi connectivity index (χ1v) is 22.1. The number of rotatable bonds is 0. The fraction of sp³-hybridized carbons (Fsp3) is 0. The smallest absolute Gasteiger partial charge is 0.0729 e. The molecular formula is C44H16Br6N6. The van der Waals surface area contributed by atoms with Gasteiger partial charge in [-0.3, -0.25) is 4.98 Å². The molecule has 12 aromatic rings. The summed E-state index contributed by atoms with van der Waals surface area (Å²) in [6.45, 7) is 0. The van der Waals surface area contributed by atoms with E-state index < -0.39 is 0 Å². The van der Waals surface area contributed by atoms with Crippen molar-refractivity contribution in [3.63, 3.8) is 0 Å². The number of nitrogens with zero attached hydrogens (tertiary/aromatic N) is 6. The molecule has 6 heterocycles. The molecular weight excluding hydrogens is 1090 g/mol. The molecule has 6 aromatic carbocycles. The summed E-state index contributed by atoms with van der Waals surface area (Å²) in [5.41, 5.74) is 9.68. The van der Waals surface area contributed by atoms with E-state index in [0.717, 1.165) is 147 Å². The van der Waals surface area contributed by atoms with Crippen LogP contribution >= 0.6 is 95.6 Å². The molecule has 0 spiro atoms. The number of aromatic nitrogens is 6. The lowest BCUT2D eigenvalue weighted by Gasteiger charge is -2.13. The molecule has 0 radical (unpaired) electrons. The van der Waals surface area contributed by atoms with Gasteiger partial charge in [-0.1, -0.05) is 34.1 Å². The molecule has 264 valence electrons. The Morgan fingerprint density at radius 2 is 0.554 bits per heavy atom. The van der Waals surface area contributed by atoms with Crippen molar-refractivity contribution in [2.75, 3.05) is 0 Å². The second kappa shape index (κ2) is 12.2. The summed E-state index contributed by atoms with van der Waals surface area (Å²) in [7, 11) is 0.